The van der Waals surface area contributed by atoms with Crippen molar-refractivity contribution in [3.63, 3.8) is 0 Å². The summed E-state index contributed by atoms with van der Waals surface area (Å²) in [5.74, 6) is 5.07. The van der Waals surface area contributed by atoms with Gasteiger partial charge in [0, 0.05) is 41.9 Å². The third-order valence-corrected chi connectivity index (χ3v) is 15.9. The third kappa shape index (κ3) is 11.3. The van der Waals surface area contributed by atoms with Crippen molar-refractivity contribution in [2.45, 2.75) is 86.0 Å². The summed E-state index contributed by atoms with van der Waals surface area (Å²) in [6.07, 6.45) is 4.59. The van der Waals surface area contributed by atoms with Crippen molar-refractivity contribution in [3.05, 3.63) is 303 Å². The highest BCUT2D eigenvalue weighted by molar-refractivity contribution is 5.63. The van der Waals surface area contributed by atoms with Gasteiger partial charge in [-0.05, 0) is 128 Å². The van der Waals surface area contributed by atoms with Gasteiger partial charge in [0.1, 0.15) is 0 Å². The monoisotopic (exact) mass is 1070 g/mol. The van der Waals surface area contributed by atoms with Crippen LogP contribution in [0.5, 0.6) is 0 Å². The van der Waals surface area contributed by atoms with Gasteiger partial charge in [0.05, 0.1) is 17.1 Å². The fraction of sp³-hybridized carbons (Fsp3) is 0.178. The van der Waals surface area contributed by atoms with Crippen LogP contribution >= 0.6 is 0 Å². The summed E-state index contributed by atoms with van der Waals surface area (Å²) >= 11 is 0. The van der Waals surface area contributed by atoms with E-state index in [-0.39, 0.29) is 5.92 Å². The molecular weight excluding hydrogens is 1000 g/mol. The summed E-state index contributed by atoms with van der Waals surface area (Å²) in [7, 11) is 0. The Balaban J connectivity index is 0.814. The lowest BCUT2D eigenvalue weighted by molar-refractivity contribution is 0.805. The summed E-state index contributed by atoms with van der Waals surface area (Å²) in [6, 6.07) is 77.9. The van der Waals surface area contributed by atoms with E-state index in [4.69, 9.17) is 30.2 Å². The number of hydrogen-bond acceptors (Lipinski definition) is 6. The molecule has 12 rings (SSSR count). The summed E-state index contributed by atoms with van der Waals surface area (Å²) in [5, 5.41) is 15.5. The first-order valence-corrected chi connectivity index (χ1v) is 28.6. The van der Waals surface area contributed by atoms with Gasteiger partial charge in [0.25, 0.3) is 0 Å². The second-order valence-electron chi connectivity index (χ2n) is 21.8. The lowest BCUT2D eigenvalue weighted by Crippen LogP contribution is -2.06. The second kappa shape index (κ2) is 23.6. The molecule has 0 aliphatic heterocycles. The van der Waals surface area contributed by atoms with E-state index in [2.05, 4.69) is 242 Å². The number of rotatable bonds is 18. The van der Waals surface area contributed by atoms with Crippen LogP contribution < -0.4 is 0 Å². The van der Waals surface area contributed by atoms with Gasteiger partial charge in [0.15, 0.2) is 34.9 Å². The highest BCUT2D eigenvalue weighted by Gasteiger charge is 2.22. The molecule has 12 aromatic rings. The van der Waals surface area contributed by atoms with Crippen molar-refractivity contribution in [1.29, 1.82) is 0 Å². The molecule has 82 heavy (non-hydrogen) atoms. The minimum absolute atomic E-state index is 0.00610. The van der Waals surface area contributed by atoms with Crippen LogP contribution in [0.25, 0.3) is 51.2 Å². The molecule has 0 fully saturated rings. The quantitative estimate of drug-likeness (QED) is 0.0795. The van der Waals surface area contributed by atoms with E-state index in [0.29, 0.717) is 19.3 Å². The van der Waals surface area contributed by atoms with Crippen molar-refractivity contribution in [3.8, 4) is 51.2 Å². The number of aromatic nitrogens is 9. The summed E-state index contributed by atoms with van der Waals surface area (Å²) < 4.78 is 6.12. The van der Waals surface area contributed by atoms with Crippen molar-refractivity contribution < 1.29 is 0 Å². The molecule has 0 saturated heterocycles. The topological polar surface area (TPSA) is 92.1 Å². The molecular formula is C73H67N9. The molecule has 9 heteroatoms. The van der Waals surface area contributed by atoms with Crippen LogP contribution in [0.2, 0.25) is 0 Å². The average Bonchev–Trinajstić information content (AvgIpc) is 4.27. The lowest BCUT2D eigenvalue weighted by Gasteiger charge is -2.20. The van der Waals surface area contributed by atoms with Crippen molar-refractivity contribution in [1.82, 2.24) is 44.3 Å². The predicted molar refractivity (Wildman–Crippen MR) is 331 cm³/mol. The molecule has 0 radical (unpaired) electrons. The maximum Gasteiger partial charge on any atom is 0.163 e. The standard InChI is InChI=1S/C73H67N9/c1-49-19-16-20-50(2)68(49)80-71(61-25-10-7-11-26-61)74-64(77-80)46-37-55-31-40-58(41-32-55)67(59-42-33-56(34-43-59)38-47-65-75-72(62-27-12-8-13-28-62)81(78-65)69-51(3)21-17-22-52(69)4)60-44-35-57(36-45-60)39-48-66-76-73(63-29-14-9-15-30-63)82(79-66)70-53(5)23-18-24-54(70)6/h7-36,40-45,67H,37-39,46-48H2,1-6H3. The highest BCUT2D eigenvalue weighted by Crippen LogP contribution is 2.35. The van der Waals surface area contributed by atoms with Crippen LogP contribution in [0.1, 0.15) is 90.2 Å². The molecule has 0 spiro atoms. The molecule has 9 aromatic carbocycles. The molecule has 3 aromatic heterocycles. The number of benzene rings is 9. The van der Waals surface area contributed by atoms with Gasteiger partial charge >= 0.3 is 0 Å². The first kappa shape index (κ1) is 53.1. The molecule has 0 aliphatic carbocycles. The highest BCUT2D eigenvalue weighted by atomic mass is 15.4. The first-order valence-electron chi connectivity index (χ1n) is 28.6. The van der Waals surface area contributed by atoms with Crippen LogP contribution in [0.4, 0.5) is 0 Å². The molecule has 0 aliphatic rings. The Morgan fingerprint density at radius 1 is 0.268 bits per heavy atom. The SMILES string of the molecule is Cc1cccc(C)c1-n1nc(CCc2ccc(C(c3ccc(CCc4nc(-c5ccccc5)n(-c5c(C)cccc5C)n4)cc3)c3ccc(CCc4nc(-c5ccccc5)n(-c5c(C)cccc5C)n4)cc3)cc2)nc1-c1ccccc1. The van der Waals surface area contributed by atoms with Gasteiger partial charge in [-0.15, -0.1) is 0 Å². The van der Waals surface area contributed by atoms with Gasteiger partial charge in [-0.1, -0.05) is 218 Å². The Hall–Kier alpha value is -9.60. The van der Waals surface area contributed by atoms with Gasteiger partial charge < -0.3 is 0 Å². The molecule has 0 N–H and O–H groups in total. The van der Waals surface area contributed by atoms with Crippen LogP contribution in [0.15, 0.2) is 218 Å². The van der Waals surface area contributed by atoms with Crippen LogP contribution in [-0.4, -0.2) is 44.3 Å². The average molecular weight is 1070 g/mol. The largest absolute Gasteiger partial charge is 0.212 e. The van der Waals surface area contributed by atoms with Gasteiger partial charge in [-0.2, -0.15) is 15.3 Å². The maximum atomic E-state index is 5.16. The number of aryl methyl sites for hydroxylation is 12. The molecule has 0 saturated carbocycles. The van der Waals surface area contributed by atoms with Gasteiger partial charge in [-0.25, -0.2) is 29.0 Å². The number of para-hydroxylation sites is 3. The van der Waals surface area contributed by atoms with Crippen molar-refractivity contribution in [2.75, 3.05) is 0 Å². The summed E-state index contributed by atoms with van der Waals surface area (Å²) in [4.78, 5) is 15.5. The van der Waals surface area contributed by atoms with E-state index in [0.717, 1.165) is 88.0 Å². The van der Waals surface area contributed by atoms with Crippen LogP contribution in [-0.2, 0) is 38.5 Å². The minimum Gasteiger partial charge on any atom is -0.212 e. The molecule has 0 atom stereocenters. The molecule has 3 heterocycles. The molecule has 0 bridgehead atoms. The Kier molecular flexibility index (Phi) is 15.3. The van der Waals surface area contributed by atoms with Crippen molar-refractivity contribution >= 4 is 0 Å². The Morgan fingerprint density at radius 3 is 0.756 bits per heavy atom. The van der Waals surface area contributed by atoms with E-state index in [9.17, 15) is 0 Å². The van der Waals surface area contributed by atoms with Crippen molar-refractivity contribution in [2.24, 2.45) is 0 Å². The minimum atomic E-state index is 0.00610. The fourth-order valence-electron chi connectivity index (χ4n) is 11.6. The van der Waals surface area contributed by atoms with E-state index in [1.54, 1.807) is 0 Å². The van der Waals surface area contributed by atoms with E-state index in [1.807, 2.05) is 32.2 Å². The van der Waals surface area contributed by atoms with E-state index < -0.39 is 0 Å². The molecule has 0 unspecified atom stereocenters. The summed E-state index contributed by atoms with van der Waals surface area (Å²) in [6.45, 7) is 12.9. The number of hydrogen-bond donors (Lipinski definition) is 0. The Labute approximate surface area is 481 Å². The van der Waals surface area contributed by atoms with Gasteiger partial charge in [0.2, 0.25) is 0 Å². The maximum absolute atomic E-state index is 5.16. The Morgan fingerprint density at radius 2 is 0.512 bits per heavy atom. The van der Waals surface area contributed by atoms with E-state index >= 15 is 0 Å². The second-order valence-corrected chi connectivity index (χ2v) is 21.8. The fourth-order valence-corrected chi connectivity index (χ4v) is 11.6. The first-order chi connectivity index (χ1) is 40.1. The molecule has 9 nitrogen and oxygen atoms in total. The predicted octanol–water partition coefficient (Wildman–Crippen LogP) is 15.8. The zero-order valence-electron chi connectivity index (χ0n) is 47.6. The zero-order chi connectivity index (χ0) is 56.1. The molecule has 404 valence electrons. The third-order valence-electron chi connectivity index (χ3n) is 15.9. The smallest absolute Gasteiger partial charge is 0.163 e. The van der Waals surface area contributed by atoms with Crippen LogP contribution in [0.3, 0.4) is 0 Å². The zero-order valence-corrected chi connectivity index (χ0v) is 47.6. The summed E-state index contributed by atoms with van der Waals surface area (Å²) in [5.41, 5.74) is 20.8. The number of nitrogens with zero attached hydrogens (tertiary/aromatic N) is 9. The van der Waals surface area contributed by atoms with Gasteiger partial charge in [-0.3, -0.25) is 0 Å². The lowest BCUT2D eigenvalue weighted by atomic mass is 9.84. The normalized spacial score (nSPS) is 11.5. The Bertz CT molecular complexity index is 3650. The molecule has 0 amide bonds. The van der Waals surface area contributed by atoms with E-state index in [1.165, 1.54) is 66.8 Å². The van der Waals surface area contributed by atoms with Crippen LogP contribution in [0, 0.1) is 41.5 Å².